The van der Waals surface area contributed by atoms with Crippen LogP contribution in [0.5, 0.6) is 0 Å². The van der Waals surface area contributed by atoms with Gasteiger partial charge in [0.1, 0.15) is 17.5 Å². The number of fused-ring (bicyclic) bond motifs is 2. The molecule has 3 nitrogen and oxygen atoms in total. The lowest BCUT2D eigenvalue weighted by Crippen LogP contribution is -2.25. The van der Waals surface area contributed by atoms with E-state index in [0.717, 1.165) is 50.9 Å². The molecule has 0 unspecified atom stereocenters. The molecular weight excluding hydrogens is 294 g/mol. The van der Waals surface area contributed by atoms with Crippen LogP contribution in [0.25, 0.3) is 32.9 Å². The SMILES string of the molecule is C#CC(C#N)=c1c2ccccc2c(=C2NCCN2)c2ccccc12. The Balaban J connectivity index is 2.44. The van der Waals surface area contributed by atoms with Gasteiger partial charge in [-0.2, -0.15) is 5.26 Å². The molecule has 0 radical (unpaired) electrons. The van der Waals surface area contributed by atoms with Gasteiger partial charge in [0.25, 0.3) is 0 Å². The van der Waals surface area contributed by atoms with E-state index in [1.165, 1.54) is 0 Å². The molecule has 0 atom stereocenters. The third-order valence-electron chi connectivity index (χ3n) is 4.42. The highest BCUT2D eigenvalue weighted by molar-refractivity contribution is 6.04. The van der Waals surface area contributed by atoms with Gasteiger partial charge in [-0.3, -0.25) is 0 Å². The van der Waals surface area contributed by atoms with E-state index in [4.69, 9.17) is 6.42 Å². The fraction of sp³-hybridized carbons (Fsp3) is 0.0952. The van der Waals surface area contributed by atoms with Crippen molar-refractivity contribution in [2.75, 3.05) is 13.1 Å². The minimum atomic E-state index is 0.367. The average molecular weight is 309 g/mol. The first-order valence-electron chi connectivity index (χ1n) is 7.87. The smallest absolute Gasteiger partial charge is 0.110 e. The minimum absolute atomic E-state index is 0.367. The quantitative estimate of drug-likeness (QED) is 0.489. The number of hydrogen-bond acceptors (Lipinski definition) is 3. The van der Waals surface area contributed by atoms with Crippen molar-refractivity contribution in [3.63, 3.8) is 0 Å². The molecule has 0 amide bonds. The number of nitriles is 1. The van der Waals surface area contributed by atoms with Crippen molar-refractivity contribution in [1.29, 1.82) is 5.26 Å². The summed E-state index contributed by atoms with van der Waals surface area (Å²) in [5.41, 5.74) is 0.367. The van der Waals surface area contributed by atoms with E-state index >= 15 is 0 Å². The van der Waals surface area contributed by atoms with Crippen LogP contribution in [0.2, 0.25) is 0 Å². The first-order valence-corrected chi connectivity index (χ1v) is 7.87. The number of terminal acetylenes is 1. The van der Waals surface area contributed by atoms with Gasteiger partial charge < -0.3 is 10.6 Å². The Morgan fingerprint density at radius 3 is 1.83 bits per heavy atom. The first-order chi connectivity index (χ1) is 11.8. The Morgan fingerprint density at radius 1 is 0.875 bits per heavy atom. The fourth-order valence-corrected chi connectivity index (χ4v) is 3.44. The normalized spacial score (nSPS) is 13.2. The number of hydrogen-bond donors (Lipinski definition) is 2. The fourth-order valence-electron chi connectivity index (χ4n) is 3.44. The number of rotatable bonds is 0. The zero-order valence-corrected chi connectivity index (χ0v) is 13.1. The average Bonchev–Trinajstić information content (AvgIpc) is 3.16. The molecule has 1 saturated heterocycles. The van der Waals surface area contributed by atoms with E-state index in [2.05, 4.69) is 34.8 Å². The van der Waals surface area contributed by atoms with Crippen LogP contribution in [-0.4, -0.2) is 13.1 Å². The summed E-state index contributed by atoms with van der Waals surface area (Å²) in [6.07, 6.45) is 5.62. The van der Waals surface area contributed by atoms with Gasteiger partial charge in [0.05, 0.1) is 0 Å². The summed E-state index contributed by atoms with van der Waals surface area (Å²) in [4.78, 5) is 0. The molecule has 1 heterocycles. The molecule has 3 aromatic rings. The molecule has 0 spiro atoms. The van der Waals surface area contributed by atoms with Crippen molar-refractivity contribution >= 4 is 32.9 Å². The molecule has 2 N–H and O–H groups in total. The molecule has 3 aromatic carbocycles. The molecule has 1 fully saturated rings. The highest BCUT2D eigenvalue weighted by atomic mass is 15.2. The van der Waals surface area contributed by atoms with Gasteiger partial charge in [0.15, 0.2) is 0 Å². The number of nitrogens with zero attached hydrogens (tertiary/aromatic N) is 1. The summed E-state index contributed by atoms with van der Waals surface area (Å²) in [6.45, 7) is 1.80. The zero-order chi connectivity index (χ0) is 16.5. The summed E-state index contributed by atoms with van der Waals surface area (Å²) in [5, 5.41) is 22.5. The van der Waals surface area contributed by atoms with Crippen molar-refractivity contribution in [2.45, 2.75) is 0 Å². The van der Waals surface area contributed by atoms with Crippen molar-refractivity contribution in [3.05, 3.63) is 59.0 Å². The highest BCUT2D eigenvalue weighted by Gasteiger charge is 2.13. The predicted molar refractivity (Wildman–Crippen MR) is 98.0 cm³/mol. The standard InChI is InChI=1S/C21H15N3/c1-2-14(13-22)19-15-7-3-5-9-17(15)20(21-23-11-12-24-21)18-10-6-4-8-16(18)19/h1,3-10,23-24H,11-12H2. The van der Waals surface area contributed by atoms with Gasteiger partial charge in [-0.1, -0.05) is 54.5 Å². The molecule has 4 rings (SSSR count). The maximum absolute atomic E-state index is 9.52. The summed E-state index contributed by atoms with van der Waals surface area (Å²) < 4.78 is 0. The molecule has 1 aliphatic rings. The number of benzene rings is 3. The lowest BCUT2D eigenvalue weighted by Gasteiger charge is -2.10. The van der Waals surface area contributed by atoms with Crippen molar-refractivity contribution in [3.8, 4) is 18.4 Å². The van der Waals surface area contributed by atoms with E-state index in [1.807, 2.05) is 36.4 Å². The van der Waals surface area contributed by atoms with E-state index in [0.29, 0.717) is 5.57 Å². The lowest BCUT2D eigenvalue weighted by atomic mass is 9.95. The van der Waals surface area contributed by atoms with Crippen LogP contribution in [0.1, 0.15) is 0 Å². The van der Waals surface area contributed by atoms with Gasteiger partial charge in [0.2, 0.25) is 0 Å². The first kappa shape index (κ1) is 14.2. The van der Waals surface area contributed by atoms with Gasteiger partial charge in [-0.25, -0.2) is 0 Å². The van der Waals surface area contributed by atoms with E-state index in [-0.39, 0.29) is 0 Å². The Labute approximate surface area is 139 Å². The highest BCUT2D eigenvalue weighted by Crippen LogP contribution is 2.16. The van der Waals surface area contributed by atoms with E-state index in [1.54, 1.807) is 0 Å². The molecule has 24 heavy (non-hydrogen) atoms. The summed E-state index contributed by atoms with van der Waals surface area (Å²) in [7, 11) is 0. The van der Waals surface area contributed by atoms with Crippen LogP contribution in [0.3, 0.4) is 0 Å². The predicted octanol–water partition coefficient (Wildman–Crippen LogP) is 1.56. The van der Waals surface area contributed by atoms with E-state index < -0.39 is 0 Å². The third-order valence-corrected chi connectivity index (χ3v) is 4.42. The summed E-state index contributed by atoms with van der Waals surface area (Å²) in [5.74, 6) is 3.59. The molecule has 1 aliphatic heterocycles. The summed E-state index contributed by atoms with van der Waals surface area (Å²) in [6, 6.07) is 18.4. The van der Waals surface area contributed by atoms with Crippen LogP contribution in [-0.2, 0) is 0 Å². The van der Waals surface area contributed by atoms with Crippen molar-refractivity contribution in [1.82, 2.24) is 10.6 Å². The Morgan fingerprint density at radius 2 is 1.38 bits per heavy atom. The van der Waals surface area contributed by atoms with Gasteiger partial charge in [-0.15, -0.1) is 6.42 Å². The van der Waals surface area contributed by atoms with E-state index in [9.17, 15) is 5.26 Å². The molecule has 0 aromatic heterocycles. The van der Waals surface area contributed by atoms with Crippen molar-refractivity contribution < 1.29 is 0 Å². The molecular formula is C21H15N3. The van der Waals surface area contributed by atoms with Crippen LogP contribution >= 0.6 is 0 Å². The maximum Gasteiger partial charge on any atom is 0.110 e. The topological polar surface area (TPSA) is 47.9 Å². The lowest BCUT2D eigenvalue weighted by molar-refractivity contribution is 0.942. The summed E-state index contributed by atoms with van der Waals surface area (Å²) >= 11 is 0. The largest absolute Gasteiger partial charge is 0.370 e. The molecule has 0 bridgehead atoms. The van der Waals surface area contributed by atoms with Gasteiger partial charge >= 0.3 is 0 Å². The van der Waals surface area contributed by atoms with Crippen molar-refractivity contribution in [2.24, 2.45) is 0 Å². The minimum Gasteiger partial charge on any atom is -0.370 e. The second kappa shape index (κ2) is 5.65. The van der Waals surface area contributed by atoms with Gasteiger partial charge in [-0.05, 0) is 21.5 Å². The second-order valence-electron chi connectivity index (χ2n) is 5.70. The molecule has 0 saturated carbocycles. The molecule has 0 aliphatic carbocycles. The van der Waals surface area contributed by atoms with Crippen LogP contribution in [0.4, 0.5) is 0 Å². The Bertz CT molecular complexity index is 1090. The van der Waals surface area contributed by atoms with Gasteiger partial charge in [0, 0.05) is 23.5 Å². The number of nitrogens with one attached hydrogen (secondary N) is 2. The zero-order valence-electron chi connectivity index (χ0n) is 13.1. The monoisotopic (exact) mass is 309 g/mol. The molecule has 114 valence electrons. The van der Waals surface area contributed by atoms with Crippen LogP contribution in [0, 0.1) is 23.7 Å². The Hall–Kier alpha value is -3.43. The van der Waals surface area contributed by atoms with Crippen LogP contribution < -0.4 is 21.1 Å². The third kappa shape index (κ3) is 2.00. The maximum atomic E-state index is 9.52. The second-order valence-corrected chi connectivity index (χ2v) is 5.70. The molecule has 3 heteroatoms. The van der Waals surface area contributed by atoms with Crippen LogP contribution in [0.15, 0.2) is 48.5 Å². The Kier molecular flexibility index (Phi) is 3.34.